The number of nitrogens with zero attached hydrogens (tertiary/aromatic N) is 2. The third-order valence-electron chi connectivity index (χ3n) is 6.57. The van der Waals surface area contributed by atoms with E-state index in [0.29, 0.717) is 5.56 Å². The Labute approximate surface area is 198 Å². The highest BCUT2D eigenvalue weighted by Crippen LogP contribution is 2.45. The van der Waals surface area contributed by atoms with Gasteiger partial charge in [-0.15, -0.1) is 0 Å². The maximum Gasteiger partial charge on any atom is 0.321 e. The Kier molecular flexibility index (Phi) is 5.30. The lowest BCUT2D eigenvalue weighted by Crippen LogP contribution is -2.42. The number of hydrogen-bond acceptors (Lipinski definition) is 6. The van der Waals surface area contributed by atoms with E-state index in [4.69, 9.17) is 11.6 Å². The molecule has 2 amide bonds. The summed E-state index contributed by atoms with van der Waals surface area (Å²) in [5, 5.41) is 25.7. The Balaban J connectivity index is 1.53. The van der Waals surface area contributed by atoms with Crippen LogP contribution < -0.4 is 5.32 Å². The molecule has 0 spiro atoms. The van der Waals surface area contributed by atoms with Crippen LogP contribution in [0.4, 0.5) is 5.69 Å². The second-order valence-corrected chi connectivity index (χ2v) is 8.79. The lowest BCUT2D eigenvalue weighted by molar-refractivity contribution is -0.384. The number of carbonyl (C=O) groups excluding carboxylic acids is 2. The van der Waals surface area contributed by atoms with Gasteiger partial charge in [-0.25, -0.2) is 0 Å². The molecular formula is C24H18ClN3O6. The summed E-state index contributed by atoms with van der Waals surface area (Å²) in [5.41, 5.74) is 0.724. The monoisotopic (exact) mass is 479 g/mol. The van der Waals surface area contributed by atoms with Crippen molar-refractivity contribution >= 4 is 45.8 Å². The van der Waals surface area contributed by atoms with Crippen molar-refractivity contribution in [3.8, 4) is 0 Å². The van der Waals surface area contributed by atoms with Gasteiger partial charge < -0.3 is 5.11 Å². The van der Waals surface area contributed by atoms with Crippen LogP contribution in [0, 0.1) is 22.0 Å². The third-order valence-corrected chi connectivity index (χ3v) is 6.89. The van der Waals surface area contributed by atoms with Crippen molar-refractivity contribution in [3.05, 3.63) is 86.9 Å². The first kappa shape index (κ1) is 22.0. The molecule has 2 saturated heterocycles. The summed E-state index contributed by atoms with van der Waals surface area (Å²) in [6, 6.07) is 15.0. The maximum atomic E-state index is 13.5. The van der Waals surface area contributed by atoms with E-state index >= 15 is 0 Å². The zero-order chi connectivity index (χ0) is 24.1. The van der Waals surface area contributed by atoms with Gasteiger partial charge in [0.15, 0.2) is 0 Å². The van der Waals surface area contributed by atoms with E-state index in [1.165, 1.54) is 18.2 Å². The minimum absolute atomic E-state index is 0.00580. The highest BCUT2D eigenvalue weighted by atomic mass is 35.5. The summed E-state index contributed by atoms with van der Waals surface area (Å²) in [6.45, 7) is 0.00580. The second kappa shape index (κ2) is 8.19. The molecule has 4 unspecified atom stereocenters. The highest BCUT2D eigenvalue weighted by Gasteiger charge is 2.61. The van der Waals surface area contributed by atoms with Crippen LogP contribution in [0.25, 0.3) is 10.8 Å². The normalized spacial score (nSPS) is 24.0. The Hall–Kier alpha value is -3.82. The molecule has 2 N–H and O–H groups in total. The number of amides is 2. The molecule has 10 heteroatoms. The molecule has 172 valence electrons. The fraction of sp³-hybridized carbons (Fsp3) is 0.208. The number of fused-ring (bicyclic) bond motifs is 2. The molecule has 0 aliphatic carbocycles. The Bertz CT molecular complexity index is 1370. The van der Waals surface area contributed by atoms with Crippen LogP contribution in [-0.2, 0) is 20.9 Å². The molecule has 9 nitrogen and oxygen atoms in total. The van der Waals surface area contributed by atoms with Crippen LogP contribution in [-0.4, -0.2) is 38.8 Å². The van der Waals surface area contributed by atoms with E-state index in [2.05, 4.69) is 5.32 Å². The average Bonchev–Trinajstić information content (AvgIpc) is 3.32. The number of nitro groups is 1. The van der Waals surface area contributed by atoms with Crippen LogP contribution in [0.15, 0.2) is 60.7 Å². The number of hydrogen-bond donors (Lipinski definition) is 2. The van der Waals surface area contributed by atoms with Gasteiger partial charge in [-0.05, 0) is 28.0 Å². The number of imide groups is 1. The summed E-state index contributed by atoms with van der Waals surface area (Å²) in [6.07, 6.45) is 0. The van der Waals surface area contributed by atoms with E-state index in [9.17, 15) is 29.6 Å². The molecule has 2 heterocycles. The Morgan fingerprint density at radius 3 is 2.50 bits per heavy atom. The fourth-order valence-electron chi connectivity index (χ4n) is 5.02. The number of nitrogens with one attached hydrogen (secondary N) is 1. The van der Waals surface area contributed by atoms with E-state index in [0.717, 1.165) is 21.2 Å². The van der Waals surface area contributed by atoms with E-state index < -0.39 is 46.6 Å². The number of aliphatic carboxylic acids is 1. The summed E-state index contributed by atoms with van der Waals surface area (Å²) in [4.78, 5) is 50.6. The first-order valence-corrected chi connectivity index (χ1v) is 10.9. The topological polar surface area (TPSA) is 130 Å². The van der Waals surface area contributed by atoms with Crippen molar-refractivity contribution in [2.24, 2.45) is 11.8 Å². The predicted octanol–water partition coefficient (Wildman–Crippen LogP) is 3.30. The summed E-state index contributed by atoms with van der Waals surface area (Å²) in [5.74, 6) is -4.49. The maximum absolute atomic E-state index is 13.5. The van der Waals surface area contributed by atoms with Gasteiger partial charge in [0.05, 0.1) is 23.3 Å². The molecule has 0 radical (unpaired) electrons. The van der Waals surface area contributed by atoms with Crippen LogP contribution in [0.2, 0.25) is 5.02 Å². The van der Waals surface area contributed by atoms with Crippen molar-refractivity contribution in [2.45, 2.75) is 18.6 Å². The lowest BCUT2D eigenvalue weighted by Gasteiger charge is -2.22. The standard InChI is InChI=1S/C24H18ClN3O6/c25-16-9-8-13(10-17(16)28(33)34)20-18-19(21(26-20)24(31)32)23(30)27(22(18)29)11-14-6-3-5-12-4-1-2-7-15(12)14/h1-10,18-21,26H,11H2,(H,31,32). The quantitative estimate of drug-likeness (QED) is 0.326. The Morgan fingerprint density at radius 1 is 1.06 bits per heavy atom. The molecule has 5 rings (SSSR count). The van der Waals surface area contributed by atoms with Gasteiger partial charge in [0.2, 0.25) is 11.8 Å². The van der Waals surface area contributed by atoms with Crippen LogP contribution >= 0.6 is 11.6 Å². The molecule has 0 saturated carbocycles. The van der Waals surface area contributed by atoms with Crippen LogP contribution in [0.1, 0.15) is 17.2 Å². The van der Waals surface area contributed by atoms with Crippen LogP contribution in [0.3, 0.4) is 0 Å². The molecule has 3 aromatic carbocycles. The summed E-state index contributed by atoms with van der Waals surface area (Å²) >= 11 is 5.92. The van der Waals surface area contributed by atoms with E-state index in [1.807, 2.05) is 42.5 Å². The van der Waals surface area contributed by atoms with Crippen LogP contribution in [0.5, 0.6) is 0 Å². The molecule has 34 heavy (non-hydrogen) atoms. The number of carboxylic acid groups (broad SMARTS) is 1. The number of benzene rings is 3. The van der Waals surface area contributed by atoms with E-state index in [-0.39, 0.29) is 17.3 Å². The van der Waals surface area contributed by atoms with Crippen molar-refractivity contribution < 1.29 is 24.4 Å². The summed E-state index contributed by atoms with van der Waals surface area (Å²) < 4.78 is 0. The average molecular weight is 480 g/mol. The molecule has 2 aliphatic rings. The van der Waals surface area contributed by atoms with Gasteiger partial charge in [0.1, 0.15) is 11.1 Å². The number of halogens is 1. The molecule has 0 aromatic heterocycles. The minimum atomic E-state index is -1.31. The SMILES string of the molecule is O=C(O)C1NC(c2ccc(Cl)c([N+](=O)[O-])c2)C2C(=O)N(Cc3cccc4ccccc34)C(=O)C12. The second-order valence-electron chi connectivity index (χ2n) is 8.38. The third kappa shape index (κ3) is 3.41. The number of rotatable bonds is 5. The van der Waals surface area contributed by atoms with Crippen molar-refractivity contribution in [1.29, 1.82) is 0 Å². The lowest BCUT2D eigenvalue weighted by atomic mass is 9.86. The molecule has 4 atom stereocenters. The number of carbonyl (C=O) groups is 3. The minimum Gasteiger partial charge on any atom is -0.480 e. The summed E-state index contributed by atoms with van der Waals surface area (Å²) in [7, 11) is 0. The zero-order valence-electron chi connectivity index (χ0n) is 17.6. The largest absolute Gasteiger partial charge is 0.480 e. The van der Waals surface area contributed by atoms with Crippen molar-refractivity contribution in [1.82, 2.24) is 10.2 Å². The first-order chi connectivity index (χ1) is 16.3. The number of nitro benzene ring substituents is 1. The van der Waals surface area contributed by atoms with Gasteiger partial charge in [-0.2, -0.15) is 0 Å². The van der Waals surface area contributed by atoms with Gasteiger partial charge in [-0.1, -0.05) is 60.1 Å². The van der Waals surface area contributed by atoms with E-state index in [1.54, 1.807) is 0 Å². The highest BCUT2D eigenvalue weighted by molar-refractivity contribution is 6.32. The molecular weight excluding hydrogens is 462 g/mol. The van der Waals surface area contributed by atoms with Gasteiger partial charge in [0.25, 0.3) is 5.69 Å². The number of likely N-dealkylation sites (tertiary alicyclic amines) is 1. The Morgan fingerprint density at radius 2 is 1.76 bits per heavy atom. The van der Waals surface area contributed by atoms with Gasteiger partial charge in [0, 0.05) is 12.1 Å². The predicted molar refractivity (Wildman–Crippen MR) is 122 cm³/mol. The zero-order valence-corrected chi connectivity index (χ0v) is 18.3. The molecule has 2 aliphatic heterocycles. The first-order valence-electron chi connectivity index (χ1n) is 10.5. The van der Waals surface area contributed by atoms with Gasteiger partial charge >= 0.3 is 5.97 Å². The molecule has 3 aromatic rings. The van der Waals surface area contributed by atoms with Gasteiger partial charge in [-0.3, -0.25) is 34.7 Å². The molecule has 2 fully saturated rings. The smallest absolute Gasteiger partial charge is 0.321 e. The van der Waals surface area contributed by atoms with Crippen molar-refractivity contribution in [3.63, 3.8) is 0 Å². The van der Waals surface area contributed by atoms with Crippen molar-refractivity contribution in [2.75, 3.05) is 0 Å². The molecule has 0 bridgehead atoms. The fourth-order valence-corrected chi connectivity index (χ4v) is 5.21. The number of carboxylic acids is 1.